The highest BCUT2D eigenvalue weighted by molar-refractivity contribution is 5.91. The molecule has 1 amide bonds. The lowest BCUT2D eigenvalue weighted by molar-refractivity contribution is 0.0558. The summed E-state index contributed by atoms with van der Waals surface area (Å²) in [7, 11) is 0. The van der Waals surface area contributed by atoms with Crippen LogP contribution in [0, 0.1) is 13.8 Å². The molecule has 0 unspecified atom stereocenters. The Labute approximate surface area is 217 Å². The maximum atomic E-state index is 13.6. The van der Waals surface area contributed by atoms with Gasteiger partial charge < -0.3 is 18.7 Å². The van der Waals surface area contributed by atoms with Crippen LogP contribution in [0.1, 0.15) is 44.9 Å². The van der Waals surface area contributed by atoms with Gasteiger partial charge in [0.25, 0.3) is 11.5 Å². The van der Waals surface area contributed by atoms with Crippen molar-refractivity contribution in [1.82, 2.24) is 35.0 Å². The molecule has 6 rings (SSSR count). The molecule has 194 valence electrons. The number of hydrogen-bond acceptors (Lipinski definition) is 8. The zero-order valence-corrected chi connectivity index (χ0v) is 21.1. The number of benzene rings is 1. The van der Waals surface area contributed by atoms with Crippen LogP contribution < -0.4 is 5.56 Å². The zero-order chi connectivity index (χ0) is 26.2. The minimum atomic E-state index is -0.533. The third-order valence-corrected chi connectivity index (χ3v) is 7.16. The van der Waals surface area contributed by atoms with E-state index in [4.69, 9.17) is 8.83 Å². The number of tetrazole rings is 1. The predicted octanol–water partition coefficient (Wildman–Crippen LogP) is 2.91. The molecule has 0 bridgehead atoms. The summed E-state index contributed by atoms with van der Waals surface area (Å²) in [5.74, 6) is 1.39. The molecular weight excluding hydrogens is 486 g/mol. The first-order valence-corrected chi connectivity index (χ1v) is 12.5. The number of nitrogens with one attached hydrogen (secondary N) is 1. The highest BCUT2D eigenvalue weighted by Crippen LogP contribution is 2.30. The van der Waals surface area contributed by atoms with Gasteiger partial charge in [-0.3, -0.25) is 14.5 Å². The van der Waals surface area contributed by atoms with Gasteiger partial charge in [0.2, 0.25) is 0 Å². The molecule has 38 heavy (non-hydrogen) atoms. The number of hydrogen-bond donors (Lipinski definition) is 1. The van der Waals surface area contributed by atoms with Gasteiger partial charge in [-0.25, -0.2) is 4.68 Å². The lowest BCUT2D eigenvalue weighted by Gasteiger charge is -2.38. The van der Waals surface area contributed by atoms with Crippen LogP contribution in [0.4, 0.5) is 0 Å². The number of aromatic nitrogens is 5. The van der Waals surface area contributed by atoms with E-state index < -0.39 is 6.04 Å². The SMILES string of the molecule is Cc1ccc(C)c2[nH]c(=O)c([C@@H](c3nnnn3Cc3ccco3)N3CCN(C(=O)c4ccco4)CC3)cc12. The van der Waals surface area contributed by atoms with Crippen LogP contribution >= 0.6 is 0 Å². The number of H-pyrrole nitrogens is 1. The summed E-state index contributed by atoms with van der Waals surface area (Å²) in [5, 5.41) is 13.5. The highest BCUT2D eigenvalue weighted by Gasteiger charge is 2.34. The average Bonchev–Trinajstić information content (AvgIpc) is 3.72. The Bertz CT molecular complexity index is 1630. The zero-order valence-electron chi connectivity index (χ0n) is 21.1. The van der Waals surface area contributed by atoms with E-state index in [0.717, 1.165) is 22.0 Å². The van der Waals surface area contributed by atoms with Gasteiger partial charge in [0.15, 0.2) is 11.6 Å². The second-order valence-electron chi connectivity index (χ2n) is 9.52. The number of amides is 1. The van der Waals surface area contributed by atoms with Gasteiger partial charge >= 0.3 is 0 Å². The van der Waals surface area contributed by atoms with E-state index in [1.165, 1.54) is 6.26 Å². The Morgan fingerprint density at radius 3 is 2.53 bits per heavy atom. The standard InChI is InChI=1S/C27H27N7O4/c1-17-7-8-18(2)23-20(17)15-21(26(35)28-23)24(25-29-30-31-34(25)16-19-5-3-13-37-19)32-9-11-33(12-10-32)27(36)22-6-4-14-38-22/h3-8,13-15,24H,9-12,16H2,1-2H3,(H,28,35)/t24-/m0/s1. The number of furan rings is 2. The van der Waals surface area contributed by atoms with Crippen molar-refractivity contribution < 1.29 is 13.6 Å². The second kappa shape index (κ2) is 9.75. The first kappa shape index (κ1) is 23.9. The van der Waals surface area contributed by atoms with Crippen LogP contribution in [-0.2, 0) is 6.54 Å². The molecule has 11 heteroatoms. The Morgan fingerprint density at radius 2 is 1.79 bits per heavy atom. The van der Waals surface area contributed by atoms with Gasteiger partial charge in [0.1, 0.15) is 18.3 Å². The van der Waals surface area contributed by atoms with Crippen molar-refractivity contribution in [3.63, 3.8) is 0 Å². The summed E-state index contributed by atoms with van der Waals surface area (Å²) in [6.45, 7) is 6.32. The van der Waals surface area contributed by atoms with Crippen molar-refractivity contribution in [3.8, 4) is 0 Å². The highest BCUT2D eigenvalue weighted by atomic mass is 16.3. The van der Waals surface area contributed by atoms with E-state index in [1.54, 1.807) is 28.0 Å². The number of aryl methyl sites for hydroxylation is 2. The summed E-state index contributed by atoms with van der Waals surface area (Å²) >= 11 is 0. The average molecular weight is 514 g/mol. The quantitative estimate of drug-likeness (QED) is 0.367. The van der Waals surface area contributed by atoms with Crippen molar-refractivity contribution in [2.45, 2.75) is 26.4 Å². The number of nitrogens with zero attached hydrogens (tertiary/aromatic N) is 6. The Kier molecular flexibility index (Phi) is 6.12. The Morgan fingerprint density at radius 1 is 1.03 bits per heavy atom. The van der Waals surface area contributed by atoms with E-state index in [1.807, 2.05) is 38.1 Å². The van der Waals surface area contributed by atoms with Crippen molar-refractivity contribution in [1.29, 1.82) is 0 Å². The number of carbonyl (C=O) groups is 1. The molecule has 1 aromatic carbocycles. The maximum Gasteiger partial charge on any atom is 0.289 e. The largest absolute Gasteiger partial charge is 0.467 e. The molecule has 1 N–H and O–H groups in total. The number of carbonyl (C=O) groups excluding carboxylic acids is 1. The smallest absolute Gasteiger partial charge is 0.289 e. The number of pyridine rings is 1. The monoisotopic (exact) mass is 513 g/mol. The molecule has 4 aromatic heterocycles. The molecule has 5 heterocycles. The Hall–Kier alpha value is -4.51. The summed E-state index contributed by atoms with van der Waals surface area (Å²) in [4.78, 5) is 33.4. The molecule has 0 radical (unpaired) electrons. The van der Waals surface area contributed by atoms with E-state index in [2.05, 4.69) is 31.5 Å². The van der Waals surface area contributed by atoms with E-state index in [-0.39, 0.29) is 11.5 Å². The second-order valence-corrected chi connectivity index (χ2v) is 9.52. The topological polar surface area (TPSA) is 126 Å². The molecule has 0 spiro atoms. The molecule has 1 aliphatic heterocycles. The number of aromatic amines is 1. The van der Waals surface area contributed by atoms with Crippen molar-refractivity contribution >= 4 is 16.8 Å². The minimum Gasteiger partial charge on any atom is -0.467 e. The fourth-order valence-corrected chi connectivity index (χ4v) is 5.10. The minimum absolute atomic E-state index is 0.150. The van der Waals surface area contributed by atoms with Crippen LogP contribution in [0.25, 0.3) is 10.9 Å². The van der Waals surface area contributed by atoms with Crippen LogP contribution in [0.3, 0.4) is 0 Å². The van der Waals surface area contributed by atoms with Crippen LogP contribution in [0.15, 0.2) is 68.6 Å². The van der Waals surface area contributed by atoms with Gasteiger partial charge in [-0.05, 0) is 65.7 Å². The number of rotatable bonds is 6. The summed E-state index contributed by atoms with van der Waals surface area (Å²) in [5.41, 5.74) is 3.23. The fraction of sp³-hybridized carbons (Fsp3) is 0.296. The third kappa shape index (κ3) is 4.30. The van der Waals surface area contributed by atoms with Crippen molar-refractivity contribution in [3.05, 3.63) is 99.4 Å². The first-order valence-electron chi connectivity index (χ1n) is 12.5. The molecule has 11 nitrogen and oxygen atoms in total. The number of piperazine rings is 1. The molecule has 5 aromatic rings. The fourth-order valence-electron chi connectivity index (χ4n) is 5.10. The molecule has 0 aliphatic carbocycles. The molecule has 1 fully saturated rings. The summed E-state index contributed by atoms with van der Waals surface area (Å²) in [6.07, 6.45) is 3.10. The van der Waals surface area contributed by atoms with Gasteiger partial charge in [0.05, 0.1) is 18.0 Å². The third-order valence-electron chi connectivity index (χ3n) is 7.16. The van der Waals surface area contributed by atoms with Gasteiger partial charge in [-0.15, -0.1) is 5.10 Å². The summed E-state index contributed by atoms with van der Waals surface area (Å²) < 4.78 is 12.5. The normalized spacial score (nSPS) is 15.3. The van der Waals surface area contributed by atoms with Crippen molar-refractivity contribution in [2.24, 2.45) is 0 Å². The van der Waals surface area contributed by atoms with Crippen molar-refractivity contribution in [2.75, 3.05) is 26.2 Å². The summed E-state index contributed by atoms with van der Waals surface area (Å²) in [6, 6.07) is 12.5. The lowest BCUT2D eigenvalue weighted by Crippen LogP contribution is -2.50. The Balaban J connectivity index is 1.40. The van der Waals surface area contributed by atoms with E-state index >= 15 is 0 Å². The van der Waals surface area contributed by atoms with Crippen LogP contribution in [0.5, 0.6) is 0 Å². The van der Waals surface area contributed by atoms with Gasteiger partial charge in [0, 0.05) is 37.1 Å². The first-order chi connectivity index (χ1) is 18.5. The van der Waals surface area contributed by atoms with E-state index in [9.17, 15) is 9.59 Å². The maximum absolute atomic E-state index is 13.6. The van der Waals surface area contributed by atoms with Crippen LogP contribution in [-0.4, -0.2) is 67.1 Å². The molecule has 1 saturated heterocycles. The predicted molar refractivity (Wildman–Crippen MR) is 138 cm³/mol. The van der Waals surface area contributed by atoms with Gasteiger partial charge in [-0.1, -0.05) is 12.1 Å². The molecule has 1 atom stereocenters. The molecular formula is C27H27N7O4. The molecule has 1 aliphatic rings. The van der Waals surface area contributed by atoms with Gasteiger partial charge in [-0.2, -0.15) is 0 Å². The van der Waals surface area contributed by atoms with Crippen LogP contribution in [0.2, 0.25) is 0 Å². The lowest BCUT2D eigenvalue weighted by atomic mass is 9.99. The van der Waals surface area contributed by atoms with E-state index in [0.29, 0.717) is 55.6 Å². The molecule has 0 saturated carbocycles. The number of fused-ring (bicyclic) bond motifs is 1.